The topological polar surface area (TPSA) is 88.5 Å². The first-order valence-electron chi connectivity index (χ1n) is 12.7. The Morgan fingerprint density at radius 3 is 2.28 bits per heavy atom. The fourth-order valence-corrected chi connectivity index (χ4v) is 4.66. The highest BCUT2D eigenvalue weighted by molar-refractivity contribution is 7.98. The molecule has 4 aromatic rings. The minimum absolute atomic E-state index is 0.108. The predicted octanol–water partition coefficient (Wildman–Crippen LogP) is 6.46. The van der Waals surface area contributed by atoms with Crippen molar-refractivity contribution in [2.24, 2.45) is 0 Å². The summed E-state index contributed by atoms with van der Waals surface area (Å²) in [6.07, 6.45) is 2.71. The smallest absolute Gasteiger partial charge is 0.322 e. The average molecular weight is 544 g/mol. The summed E-state index contributed by atoms with van der Waals surface area (Å²) in [5, 5.41) is 10.7. The van der Waals surface area contributed by atoms with Crippen LogP contribution in [0.25, 0.3) is 16.8 Å². The van der Waals surface area contributed by atoms with E-state index < -0.39 is 0 Å². The number of thioether (sulfide) groups is 1. The molecule has 0 radical (unpaired) electrons. The molecule has 2 N–H and O–H groups in total. The third-order valence-electron chi connectivity index (χ3n) is 6.15. The molecule has 0 unspecified atom stereocenters. The molecular weight excluding hydrogens is 510 g/mol. The van der Waals surface area contributed by atoms with Gasteiger partial charge in [-0.3, -0.25) is 4.79 Å². The van der Waals surface area contributed by atoms with E-state index in [1.54, 1.807) is 23.6 Å². The largest absolute Gasteiger partial charge is 0.497 e. The van der Waals surface area contributed by atoms with Gasteiger partial charge >= 0.3 is 6.03 Å². The molecule has 0 aliphatic heterocycles. The van der Waals surface area contributed by atoms with Crippen molar-refractivity contribution in [2.75, 3.05) is 37.1 Å². The molecule has 0 atom stereocenters. The number of benzene rings is 3. The van der Waals surface area contributed by atoms with E-state index >= 15 is 0 Å². The monoisotopic (exact) mass is 543 g/mol. The molecule has 0 spiro atoms. The molecule has 0 fully saturated rings. The van der Waals surface area contributed by atoms with Crippen molar-refractivity contribution in [2.45, 2.75) is 25.2 Å². The summed E-state index contributed by atoms with van der Waals surface area (Å²) in [4.78, 5) is 29.1. The van der Waals surface area contributed by atoms with Gasteiger partial charge in [0.15, 0.2) is 0 Å². The molecule has 4 rings (SSSR count). The van der Waals surface area contributed by atoms with E-state index in [1.165, 1.54) is 4.90 Å². The highest BCUT2D eigenvalue weighted by atomic mass is 32.2. The lowest BCUT2D eigenvalue weighted by molar-refractivity contribution is -0.116. The summed E-state index contributed by atoms with van der Waals surface area (Å²) >= 11 is 1.63. The third kappa shape index (κ3) is 6.80. The second-order valence-electron chi connectivity index (χ2n) is 8.91. The van der Waals surface area contributed by atoms with Crippen molar-refractivity contribution in [1.82, 2.24) is 14.7 Å². The second-order valence-corrected chi connectivity index (χ2v) is 9.79. The van der Waals surface area contributed by atoms with Crippen LogP contribution in [-0.4, -0.2) is 53.1 Å². The minimum atomic E-state index is -0.327. The zero-order chi connectivity index (χ0) is 27.8. The van der Waals surface area contributed by atoms with Crippen molar-refractivity contribution in [3.8, 4) is 22.6 Å². The Kier molecular flexibility index (Phi) is 9.27. The molecule has 39 heavy (non-hydrogen) atoms. The first-order valence-corrected chi connectivity index (χ1v) is 13.9. The van der Waals surface area contributed by atoms with Crippen LogP contribution in [0, 0.1) is 6.92 Å². The predicted molar refractivity (Wildman–Crippen MR) is 158 cm³/mol. The Morgan fingerprint density at radius 1 is 0.974 bits per heavy atom. The Bertz CT molecular complexity index is 1400. The van der Waals surface area contributed by atoms with Crippen molar-refractivity contribution < 1.29 is 14.3 Å². The van der Waals surface area contributed by atoms with Gasteiger partial charge in [0.05, 0.1) is 18.5 Å². The maximum atomic E-state index is 13.4. The molecule has 3 aromatic carbocycles. The molecule has 1 aromatic heterocycles. The lowest BCUT2D eigenvalue weighted by atomic mass is 10.1. The van der Waals surface area contributed by atoms with Gasteiger partial charge in [-0.05, 0) is 73.7 Å². The van der Waals surface area contributed by atoms with E-state index in [0.717, 1.165) is 33.2 Å². The number of hydrogen-bond donors (Lipinski definition) is 2. The number of aryl methyl sites for hydroxylation is 1. The summed E-state index contributed by atoms with van der Waals surface area (Å²) in [7, 11) is 1.61. The molecule has 0 aliphatic carbocycles. The van der Waals surface area contributed by atoms with Crippen LogP contribution in [0.15, 0.2) is 83.8 Å². The molecule has 1 heterocycles. The van der Waals surface area contributed by atoms with E-state index in [-0.39, 0.29) is 18.5 Å². The lowest BCUT2D eigenvalue weighted by Gasteiger charge is -2.22. The molecule has 202 valence electrons. The number of methoxy groups -OCH3 is 1. The Balaban J connectivity index is 1.60. The number of hydrogen-bond acceptors (Lipinski definition) is 5. The van der Waals surface area contributed by atoms with Gasteiger partial charge in [-0.25, -0.2) is 9.48 Å². The molecule has 0 saturated carbocycles. The highest BCUT2D eigenvalue weighted by Crippen LogP contribution is 2.33. The number of nitrogens with one attached hydrogen (secondary N) is 2. The number of carbonyl (C=O) groups is 2. The van der Waals surface area contributed by atoms with Crippen LogP contribution in [-0.2, 0) is 4.79 Å². The molecule has 0 bridgehead atoms. The summed E-state index contributed by atoms with van der Waals surface area (Å²) < 4.78 is 7.01. The van der Waals surface area contributed by atoms with Gasteiger partial charge in [-0.1, -0.05) is 37.3 Å². The number of nitrogens with zero attached hydrogens (tertiary/aromatic N) is 3. The van der Waals surface area contributed by atoms with E-state index in [9.17, 15) is 9.59 Å². The van der Waals surface area contributed by atoms with Gasteiger partial charge < -0.3 is 20.3 Å². The van der Waals surface area contributed by atoms with Crippen molar-refractivity contribution in [1.29, 1.82) is 0 Å². The normalized spacial score (nSPS) is 10.7. The first-order chi connectivity index (χ1) is 18.9. The van der Waals surface area contributed by atoms with Crippen LogP contribution in [0.1, 0.15) is 19.0 Å². The lowest BCUT2D eigenvalue weighted by Crippen LogP contribution is -2.41. The zero-order valence-corrected chi connectivity index (χ0v) is 23.4. The van der Waals surface area contributed by atoms with Crippen LogP contribution in [0.5, 0.6) is 5.75 Å². The Morgan fingerprint density at radius 2 is 1.67 bits per heavy atom. The van der Waals surface area contributed by atoms with Crippen LogP contribution >= 0.6 is 11.8 Å². The van der Waals surface area contributed by atoms with Gasteiger partial charge in [0.25, 0.3) is 0 Å². The number of aromatic nitrogens is 2. The van der Waals surface area contributed by atoms with Gasteiger partial charge in [0, 0.05) is 22.7 Å². The van der Waals surface area contributed by atoms with Crippen molar-refractivity contribution in [3.05, 3.63) is 84.6 Å². The van der Waals surface area contributed by atoms with Gasteiger partial charge in [-0.2, -0.15) is 5.10 Å². The maximum absolute atomic E-state index is 13.4. The molecule has 0 aliphatic rings. The Hall–Kier alpha value is -4.24. The average Bonchev–Trinajstić information content (AvgIpc) is 3.28. The Labute approximate surface area is 233 Å². The van der Waals surface area contributed by atoms with Crippen molar-refractivity contribution >= 4 is 35.2 Å². The van der Waals surface area contributed by atoms with E-state index in [1.807, 2.05) is 99.0 Å². The molecule has 0 saturated heterocycles. The summed E-state index contributed by atoms with van der Waals surface area (Å²) in [6, 6.07) is 24.6. The maximum Gasteiger partial charge on any atom is 0.322 e. The molecule has 3 amide bonds. The van der Waals surface area contributed by atoms with Crippen LogP contribution in [0.4, 0.5) is 16.3 Å². The van der Waals surface area contributed by atoms with Crippen LogP contribution in [0.3, 0.4) is 0 Å². The fourth-order valence-electron chi connectivity index (χ4n) is 4.25. The number of anilines is 2. The van der Waals surface area contributed by atoms with E-state index in [0.29, 0.717) is 24.5 Å². The number of urea groups is 1. The van der Waals surface area contributed by atoms with Gasteiger partial charge in [0.2, 0.25) is 5.91 Å². The van der Waals surface area contributed by atoms with Crippen molar-refractivity contribution in [3.63, 3.8) is 0 Å². The first kappa shape index (κ1) is 27.8. The molecule has 8 nitrogen and oxygen atoms in total. The van der Waals surface area contributed by atoms with Crippen LogP contribution in [0.2, 0.25) is 0 Å². The fraction of sp³-hybridized carbons (Fsp3) is 0.233. The third-order valence-corrected chi connectivity index (χ3v) is 6.90. The van der Waals surface area contributed by atoms with E-state index in [2.05, 4.69) is 10.6 Å². The number of ether oxygens (including phenoxy) is 1. The molecular formula is C30H33N5O3S. The number of amides is 3. The van der Waals surface area contributed by atoms with Crippen LogP contribution < -0.4 is 15.4 Å². The summed E-state index contributed by atoms with van der Waals surface area (Å²) in [5.74, 6) is 0.947. The second kappa shape index (κ2) is 13.0. The standard InChI is InChI=1S/C30H33N5O3S/c1-5-19-34(30(37)31-23-11-17-26(39-4)18-12-23)20-27(36)32-29-28(22-9-7-6-8-10-22)21(2)33-35(29)24-13-15-25(38-3)16-14-24/h6-18H,5,19-20H2,1-4H3,(H,31,37)(H,32,36). The van der Waals surface area contributed by atoms with Gasteiger partial charge in [-0.15, -0.1) is 11.8 Å². The summed E-state index contributed by atoms with van der Waals surface area (Å²) in [5.41, 5.74) is 3.97. The molecule has 9 heteroatoms. The number of rotatable bonds is 10. The van der Waals surface area contributed by atoms with Gasteiger partial charge in [0.1, 0.15) is 18.1 Å². The quantitative estimate of drug-likeness (QED) is 0.224. The number of carbonyl (C=O) groups excluding carboxylic acids is 2. The summed E-state index contributed by atoms with van der Waals surface area (Å²) in [6.45, 7) is 4.21. The minimum Gasteiger partial charge on any atom is -0.497 e. The SMILES string of the molecule is CCCN(CC(=O)Nc1c(-c2ccccc2)c(C)nn1-c1ccc(OC)cc1)C(=O)Nc1ccc(SC)cc1. The highest BCUT2D eigenvalue weighted by Gasteiger charge is 2.23. The van der Waals surface area contributed by atoms with E-state index in [4.69, 9.17) is 9.84 Å². The zero-order valence-electron chi connectivity index (χ0n) is 22.6.